The van der Waals surface area contributed by atoms with Gasteiger partial charge >= 0.3 is 0 Å². The van der Waals surface area contributed by atoms with Crippen molar-refractivity contribution in [3.63, 3.8) is 0 Å². The van der Waals surface area contributed by atoms with E-state index in [0.29, 0.717) is 11.1 Å². The molecule has 0 heterocycles. The topological polar surface area (TPSA) is 80.9 Å². The lowest BCUT2D eigenvalue weighted by Gasteiger charge is -2.05. The minimum absolute atomic E-state index is 0.153. The normalized spacial score (nSPS) is 10.0. The van der Waals surface area contributed by atoms with E-state index < -0.39 is 0 Å². The highest BCUT2D eigenvalue weighted by atomic mass is 16.3. The second kappa shape index (κ2) is 7.59. The maximum absolute atomic E-state index is 9.42. The van der Waals surface area contributed by atoms with Crippen molar-refractivity contribution in [2.24, 2.45) is 0 Å². The molecule has 120 valence electrons. The van der Waals surface area contributed by atoms with Crippen LogP contribution < -0.4 is 0 Å². The number of aryl methyl sites for hydroxylation is 2. The maximum atomic E-state index is 9.42. The first kappa shape index (κ1) is 17.7. The molecule has 0 bridgehead atoms. The fourth-order valence-electron chi connectivity index (χ4n) is 1.98. The number of hydrogen-bond acceptors (Lipinski definition) is 4. The van der Waals surface area contributed by atoms with E-state index in [1.807, 2.05) is 13.8 Å². The Morgan fingerprint density at radius 1 is 0.727 bits per heavy atom. The van der Waals surface area contributed by atoms with Gasteiger partial charge in [-0.2, -0.15) is 0 Å². The van der Waals surface area contributed by atoms with Gasteiger partial charge in [0.2, 0.25) is 0 Å². The van der Waals surface area contributed by atoms with Crippen molar-refractivity contribution in [3.05, 3.63) is 46.5 Å². The van der Waals surface area contributed by atoms with E-state index in [1.54, 1.807) is 38.1 Å². The zero-order valence-corrected chi connectivity index (χ0v) is 13.5. The van der Waals surface area contributed by atoms with Gasteiger partial charge in [0.05, 0.1) is 0 Å². The van der Waals surface area contributed by atoms with E-state index >= 15 is 0 Å². The third-order valence-corrected chi connectivity index (χ3v) is 3.69. The highest BCUT2D eigenvalue weighted by Crippen LogP contribution is 2.29. The molecule has 4 heteroatoms. The van der Waals surface area contributed by atoms with Crippen LogP contribution in [0.5, 0.6) is 23.0 Å². The molecule has 0 aromatic heterocycles. The maximum Gasteiger partial charge on any atom is 0.125 e. The first-order valence-electron chi connectivity index (χ1n) is 7.33. The van der Waals surface area contributed by atoms with Crippen LogP contribution in [0, 0.1) is 13.8 Å². The molecular weight excluding hydrogens is 280 g/mol. The molecule has 0 atom stereocenters. The van der Waals surface area contributed by atoms with Crippen LogP contribution in [0.1, 0.15) is 36.1 Å². The van der Waals surface area contributed by atoms with Crippen molar-refractivity contribution < 1.29 is 20.4 Å². The highest BCUT2D eigenvalue weighted by molar-refractivity contribution is 5.47. The lowest BCUT2D eigenvalue weighted by molar-refractivity contribution is 0.439. The quantitative estimate of drug-likeness (QED) is 0.677. The second-order valence-corrected chi connectivity index (χ2v) is 5.18. The number of benzene rings is 2. The van der Waals surface area contributed by atoms with E-state index in [-0.39, 0.29) is 23.0 Å². The summed E-state index contributed by atoms with van der Waals surface area (Å²) in [6.45, 7) is 7.32. The Morgan fingerprint density at radius 2 is 1.27 bits per heavy atom. The van der Waals surface area contributed by atoms with Gasteiger partial charge in [-0.15, -0.1) is 0 Å². The molecule has 2 aromatic carbocycles. The molecule has 0 aliphatic heterocycles. The van der Waals surface area contributed by atoms with Gasteiger partial charge in [0, 0.05) is 11.1 Å². The number of phenolic OH excluding ortho intramolecular Hbond substituents is 4. The third kappa shape index (κ3) is 4.07. The van der Waals surface area contributed by atoms with Crippen LogP contribution in [0.15, 0.2) is 24.3 Å². The summed E-state index contributed by atoms with van der Waals surface area (Å²) in [6, 6.07) is 6.69. The van der Waals surface area contributed by atoms with Crippen LogP contribution in [0.4, 0.5) is 0 Å². The van der Waals surface area contributed by atoms with E-state index in [1.165, 1.54) is 0 Å². The van der Waals surface area contributed by atoms with Crippen molar-refractivity contribution in [1.29, 1.82) is 0 Å². The minimum atomic E-state index is 0.153. The Balaban J connectivity index is 0.000000220. The average Bonchev–Trinajstić information content (AvgIpc) is 2.50. The van der Waals surface area contributed by atoms with Crippen molar-refractivity contribution in [3.8, 4) is 23.0 Å². The zero-order chi connectivity index (χ0) is 16.9. The summed E-state index contributed by atoms with van der Waals surface area (Å²) >= 11 is 0. The fraction of sp³-hybridized carbons (Fsp3) is 0.333. The summed E-state index contributed by atoms with van der Waals surface area (Å²) in [7, 11) is 0. The lowest BCUT2D eigenvalue weighted by atomic mass is 10.1. The Morgan fingerprint density at radius 3 is 1.73 bits per heavy atom. The smallest absolute Gasteiger partial charge is 0.125 e. The minimum Gasteiger partial charge on any atom is -0.508 e. The molecule has 0 fully saturated rings. The van der Waals surface area contributed by atoms with Crippen LogP contribution in [-0.2, 0) is 12.8 Å². The monoisotopic (exact) mass is 304 g/mol. The molecule has 0 saturated carbocycles. The molecule has 0 spiro atoms. The number of aromatic hydroxyl groups is 4. The number of phenols is 4. The average molecular weight is 304 g/mol. The predicted octanol–water partition coefficient (Wildman–Crippen LogP) is 3.94. The molecule has 4 N–H and O–H groups in total. The molecule has 0 radical (unpaired) electrons. The molecule has 0 aliphatic carbocycles. The SMILES string of the molecule is CCc1cc(O)c(C)c(O)c1.CCc1ccc(O)c(C)c1O. The van der Waals surface area contributed by atoms with Gasteiger partial charge in [0.1, 0.15) is 23.0 Å². The molecule has 22 heavy (non-hydrogen) atoms. The van der Waals surface area contributed by atoms with Gasteiger partial charge in [-0.05, 0) is 56.0 Å². The Bertz CT molecular complexity index is 625. The summed E-state index contributed by atoms with van der Waals surface area (Å²) in [6.07, 6.45) is 1.61. The zero-order valence-electron chi connectivity index (χ0n) is 13.5. The fourth-order valence-corrected chi connectivity index (χ4v) is 1.98. The van der Waals surface area contributed by atoms with Crippen molar-refractivity contribution in [1.82, 2.24) is 0 Å². The lowest BCUT2D eigenvalue weighted by Crippen LogP contribution is -1.84. The van der Waals surface area contributed by atoms with Gasteiger partial charge < -0.3 is 20.4 Å². The largest absolute Gasteiger partial charge is 0.508 e. The summed E-state index contributed by atoms with van der Waals surface area (Å²) in [5, 5.41) is 37.1. The summed E-state index contributed by atoms with van der Waals surface area (Å²) in [5.41, 5.74) is 2.93. The van der Waals surface area contributed by atoms with Gasteiger partial charge in [-0.3, -0.25) is 0 Å². The number of hydrogen-bond donors (Lipinski definition) is 4. The Kier molecular flexibility index (Phi) is 6.11. The van der Waals surface area contributed by atoms with Gasteiger partial charge in [0.15, 0.2) is 0 Å². The molecule has 2 rings (SSSR count). The van der Waals surface area contributed by atoms with E-state index in [9.17, 15) is 15.3 Å². The van der Waals surface area contributed by atoms with Gasteiger partial charge in [-0.1, -0.05) is 19.9 Å². The number of rotatable bonds is 2. The molecule has 0 amide bonds. The first-order chi connectivity index (χ1) is 10.3. The Labute approximate surface area is 131 Å². The second-order valence-electron chi connectivity index (χ2n) is 5.18. The molecule has 0 saturated heterocycles. The van der Waals surface area contributed by atoms with Gasteiger partial charge in [0.25, 0.3) is 0 Å². The van der Waals surface area contributed by atoms with Crippen LogP contribution in [0.2, 0.25) is 0 Å². The Hall–Kier alpha value is -2.36. The van der Waals surface area contributed by atoms with Crippen LogP contribution >= 0.6 is 0 Å². The molecule has 2 aromatic rings. The molecular formula is C18H24O4. The first-order valence-corrected chi connectivity index (χ1v) is 7.33. The van der Waals surface area contributed by atoms with Gasteiger partial charge in [-0.25, -0.2) is 0 Å². The van der Waals surface area contributed by atoms with Crippen LogP contribution in [-0.4, -0.2) is 20.4 Å². The van der Waals surface area contributed by atoms with Crippen LogP contribution in [0.25, 0.3) is 0 Å². The summed E-state index contributed by atoms with van der Waals surface area (Å²) in [5.74, 6) is 0.705. The predicted molar refractivity (Wildman–Crippen MR) is 87.8 cm³/mol. The summed E-state index contributed by atoms with van der Waals surface area (Å²) in [4.78, 5) is 0. The van der Waals surface area contributed by atoms with Crippen molar-refractivity contribution in [2.75, 3.05) is 0 Å². The molecule has 0 aliphatic rings. The van der Waals surface area contributed by atoms with Crippen molar-refractivity contribution in [2.45, 2.75) is 40.5 Å². The van der Waals surface area contributed by atoms with Crippen LogP contribution in [0.3, 0.4) is 0 Å². The molecule has 4 nitrogen and oxygen atoms in total. The molecule has 0 unspecified atom stereocenters. The van der Waals surface area contributed by atoms with E-state index in [2.05, 4.69) is 0 Å². The highest BCUT2D eigenvalue weighted by Gasteiger charge is 2.05. The van der Waals surface area contributed by atoms with E-state index in [0.717, 1.165) is 24.0 Å². The summed E-state index contributed by atoms with van der Waals surface area (Å²) < 4.78 is 0. The van der Waals surface area contributed by atoms with Crippen molar-refractivity contribution >= 4 is 0 Å². The van der Waals surface area contributed by atoms with E-state index in [4.69, 9.17) is 5.11 Å². The standard InChI is InChI=1S/2C9H12O2/c1-3-7-4-8(10)6(2)9(11)5-7;1-3-7-4-5-8(10)6(2)9(7)11/h2*4-5,10-11H,3H2,1-2H3. The third-order valence-electron chi connectivity index (χ3n) is 3.69.